The second-order valence-corrected chi connectivity index (χ2v) is 5.08. The molecule has 0 aromatic heterocycles. The monoisotopic (exact) mass is 332 g/mol. The second kappa shape index (κ2) is 7.75. The van der Waals surface area contributed by atoms with Crippen molar-refractivity contribution in [3.8, 4) is 0 Å². The van der Waals surface area contributed by atoms with Crippen molar-refractivity contribution in [3.63, 3.8) is 0 Å². The van der Waals surface area contributed by atoms with Crippen molar-refractivity contribution in [1.82, 2.24) is 5.32 Å². The number of allylic oxidation sites excluding steroid dienone is 1. The third-order valence-corrected chi connectivity index (χ3v) is 2.85. The summed E-state index contributed by atoms with van der Waals surface area (Å²) in [5.41, 5.74) is 0.346. The largest absolute Gasteiger partial charge is 0.454 e. The molecule has 23 heavy (non-hydrogen) atoms. The van der Waals surface area contributed by atoms with Gasteiger partial charge in [0.15, 0.2) is 0 Å². The van der Waals surface area contributed by atoms with Gasteiger partial charge in [-0.1, -0.05) is 13.8 Å². The number of carbonyl (C=O) groups excluding carboxylic acids is 2. The van der Waals surface area contributed by atoms with Crippen LogP contribution in [0.1, 0.15) is 13.8 Å². The summed E-state index contributed by atoms with van der Waals surface area (Å²) in [5, 5.41) is 4.98. The molecule has 0 aliphatic rings. The van der Waals surface area contributed by atoms with Crippen LogP contribution in [0.2, 0.25) is 0 Å². The smallest absolute Gasteiger partial charge is 0.379 e. The summed E-state index contributed by atoms with van der Waals surface area (Å²) >= 11 is 0. The lowest BCUT2D eigenvalue weighted by atomic mass is 10.0. The molecule has 1 unspecified atom stereocenters. The van der Waals surface area contributed by atoms with Crippen LogP contribution in [0.5, 0.6) is 0 Å². The zero-order chi connectivity index (χ0) is 17.6. The predicted octanol–water partition coefficient (Wildman–Crippen LogP) is 3.02. The van der Waals surface area contributed by atoms with E-state index in [0.29, 0.717) is 11.8 Å². The summed E-state index contributed by atoms with van der Waals surface area (Å²) in [5.74, 6) is -3.27. The number of benzene rings is 1. The lowest BCUT2D eigenvalue weighted by molar-refractivity contribution is -0.165. The molecule has 0 saturated heterocycles. The molecule has 0 heterocycles. The number of hydrogen-bond acceptors (Lipinski definition) is 3. The zero-order valence-electron chi connectivity index (χ0n) is 12.4. The maximum Gasteiger partial charge on any atom is 0.454 e. The molecule has 8 heteroatoms. The fraction of sp³-hybridized carbons (Fsp3) is 0.333. The van der Waals surface area contributed by atoms with Gasteiger partial charge in [-0.15, -0.1) is 0 Å². The second-order valence-electron chi connectivity index (χ2n) is 5.08. The van der Waals surface area contributed by atoms with Gasteiger partial charge in [0, 0.05) is 18.0 Å². The van der Waals surface area contributed by atoms with E-state index < -0.39 is 29.7 Å². The van der Waals surface area contributed by atoms with E-state index in [2.05, 4.69) is 10.6 Å². The number of amides is 1. The standard InChI is InChI=1S/C15H16F4N2O2/c1-9(2)13(20-8-7-12(22)15(17,18)19)14(23)21-11-5-3-10(16)4-6-11/h3-9,13,20H,1-2H3,(H,21,23)/b8-7+. The molecule has 0 radical (unpaired) electrons. The molecular formula is C15H16F4N2O2. The number of anilines is 1. The molecule has 1 amide bonds. The number of nitrogens with one attached hydrogen (secondary N) is 2. The number of carbonyl (C=O) groups is 2. The van der Waals surface area contributed by atoms with Gasteiger partial charge >= 0.3 is 6.18 Å². The van der Waals surface area contributed by atoms with E-state index in [1.54, 1.807) is 13.8 Å². The molecule has 126 valence electrons. The summed E-state index contributed by atoms with van der Waals surface area (Å²) in [7, 11) is 0. The van der Waals surface area contributed by atoms with Gasteiger partial charge in [-0.2, -0.15) is 13.2 Å². The highest BCUT2D eigenvalue weighted by atomic mass is 19.4. The molecule has 1 aromatic rings. The molecule has 0 aliphatic carbocycles. The van der Waals surface area contributed by atoms with E-state index in [0.717, 1.165) is 18.3 Å². The molecule has 1 aromatic carbocycles. The Labute approximate surface area is 130 Å². The topological polar surface area (TPSA) is 58.2 Å². The van der Waals surface area contributed by atoms with Crippen LogP contribution in [-0.4, -0.2) is 23.9 Å². The van der Waals surface area contributed by atoms with Crippen molar-refractivity contribution < 1.29 is 27.2 Å². The van der Waals surface area contributed by atoms with Crippen molar-refractivity contribution in [1.29, 1.82) is 0 Å². The Morgan fingerprint density at radius 1 is 1.13 bits per heavy atom. The highest BCUT2D eigenvalue weighted by Gasteiger charge is 2.36. The van der Waals surface area contributed by atoms with Crippen molar-refractivity contribution in [2.45, 2.75) is 26.1 Å². The summed E-state index contributed by atoms with van der Waals surface area (Å²) in [4.78, 5) is 22.8. The molecular weight excluding hydrogens is 316 g/mol. The fourth-order valence-corrected chi connectivity index (χ4v) is 1.65. The van der Waals surface area contributed by atoms with Crippen LogP contribution in [0.4, 0.5) is 23.2 Å². The maximum absolute atomic E-state index is 12.8. The SMILES string of the molecule is CC(C)C(N/C=C/C(=O)C(F)(F)F)C(=O)Nc1ccc(F)cc1. The Balaban J connectivity index is 2.70. The van der Waals surface area contributed by atoms with E-state index in [9.17, 15) is 27.2 Å². The predicted molar refractivity (Wildman–Crippen MR) is 77.0 cm³/mol. The molecule has 0 bridgehead atoms. The average Bonchev–Trinajstić information content (AvgIpc) is 2.44. The minimum atomic E-state index is -4.96. The third kappa shape index (κ3) is 6.09. The van der Waals surface area contributed by atoms with Crippen LogP contribution >= 0.6 is 0 Å². The molecule has 1 atom stereocenters. The molecule has 0 fully saturated rings. The lowest BCUT2D eigenvalue weighted by Gasteiger charge is -2.20. The van der Waals surface area contributed by atoms with Crippen molar-refractivity contribution in [3.05, 3.63) is 42.4 Å². The van der Waals surface area contributed by atoms with Gasteiger partial charge in [-0.25, -0.2) is 4.39 Å². The maximum atomic E-state index is 12.8. The quantitative estimate of drug-likeness (QED) is 0.622. The first-order chi connectivity index (χ1) is 10.6. The number of ketones is 1. The Hall–Kier alpha value is -2.38. The lowest BCUT2D eigenvalue weighted by Crippen LogP contribution is -2.42. The molecule has 0 aliphatic heterocycles. The van der Waals surface area contributed by atoms with E-state index in [1.165, 1.54) is 12.1 Å². The van der Waals surface area contributed by atoms with Crippen LogP contribution in [0, 0.1) is 11.7 Å². The van der Waals surface area contributed by atoms with Crippen molar-refractivity contribution >= 4 is 17.4 Å². The molecule has 1 rings (SSSR count). The summed E-state index contributed by atoms with van der Waals surface area (Å²) in [6, 6.07) is 4.17. The zero-order valence-corrected chi connectivity index (χ0v) is 12.4. The Morgan fingerprint density at radius 3 is 2.17 bits per heavy atom. The van der Waals surface area contributed by atoms with E-state index in [-0.39, 0.29) is 5.92 Å². The van der Waals surface area contributed by atoms with E-state index in [4.69, 9.17) is 0 Å². The van der Waals surface area contributed by atoms with Crippen LogP contribution in [-0.2, 0) is 9.59 Å². The van der Waals surface area contributed by atoms with Gasteiger partial charge < -0.3 is 10.6 Å². The summed E-state index contributed by atoms with van der Waals surface area (Å²) < 4.78 is 49.0. The van der Waals surface area contributed by atoms with E-state index in [1.807, 2.05) is 0 Å². The van der Waals surface area contributed by atoms with Gasteiger partial charge in [0.2, 0.25) is 5.91 Å². The van der Waals surface area contributed by atoms with Gasteiger partial charge in [-0.3, -0.25) is 9.59 Å². The van der Waals surface area contributed by atoms with Crippen LogP contribution < -0.4 is 10.6 Å². The Bertz CT molecular complexity index is 580. The van der Waals surface area contributed by atoms with Gasteiger partial charge in [-0.05, 0) is 30.2 Å². The van der Waals surface area contributed by atoms with E-state index >= 15 is 0 Å². The highest BCUT2D eigenvalue weighted by Crippen LogP contribution is 2.16. The van der Waals surface area contributed by atoms with Crippen LogP contribution in [0.3, 0.4) is 0 Å². The molecule has 0 spiro atoms. The first kappa shape index (κ1) is 18.7. The normalized spacial score (nSPS) is 13.2. The van der Waals surface area contributed by atoms with Crippen LogP contribution in [0.25, 0.3) is 0 Å². The van der Waals surface area contributed by atoms with Crippen molar-refractivity contribution in [2.24, 2.45) is 5.92 Å². The number of rotatable bonds is 6. The van der Waals surface area contributed by atoms with Gasteiger partial charge in [0.1, 0.15) is 11.9 Å². The first-order valence-electron chi connectivity index (χ1n) is 6.71. The third-order valence-electron chi connectivity index (χ3n) is 2.85. The van der Waals surface area contributed by atoms with Crippen LogP contribution in [0.15, 0.2) is 36.5 Å². The number of hydrogen-bond donors (Lipinski definition) is 2. The van der Waals surface area contributed by atoms with Gasteiger partial charge in [0.05, 0.1) is 0 Å². The molecule has 4 nitrogen and oxygen atoms in total. The highest BCUT2D eigenvalue weighted by molar-refractivity contribution is 5.96. The first-order valence-corrected chi connectivity index (χ1v) is 6.71. The Kier molecular flexibility index (Phi) is 6.29. The summed E-state index contributed by atoms with van der Waals surface area (Å²) in [6.45, 7) is 3.36. The fourth-order valence-electron chi connectivity index (χ4n) is 1.65. The van der Waals surface area contributed by atoms with Gasteiger partial charge in [0.25, 0.3) is 5.78 Å². The summed E-state index contributed by atoms with van der Waals surface area (Å²) in [6.07, 6.45) is -3.84. The average molecular weight is 332 g/mol. The number of alkyl halides is 3. The molecule has 2 N–H and O–H groups in total. The molecule has 0 saturated carbocycles. The minimum absolute atomic E-state index is 0.263. The Morgan fingerprint density at radius 2 is 1.70 bits per heavy atom. The minimum Gasteiger partial charge on any atom is -0.379 e. The number of halogens is 4. The van der Waals surface area contributed by atoms with Crippen molar-refractivity contribution in [2.75, 3.05) is 5.32 Å².